The number of hydrogen-bond donors (Lipinski definition) is 0. The zero-order chi connectivity index (χ0) is 15.0. The van der Waals surface area contributed by atoms with Crippen LogP contribution in [0.5, 0.6) is 0 Å². The summed E-state index contributed by atoms with van der Waals surface area (Å²) < 4.78 is 43.0. The quantitative estimate of drug-likeness (QED) is 0.801. The molecule has 2 atom stereocenters. The highest BCUT2D eigenvalue weighted by molar-refractivity contribution is 5.77. The van der Waals surface area contributed by atoms with Crippen molar-refractivity contribution in [1.82, 2.24) is 0 Å². The second-order valence-electron chi connectivity index (χ2n) is 4.98. The Bertz CT molecular complexity index is 568. The molecule has 6 heteroatoms. The number of halogens is 2. The lowest BCUT2D eigenvalue weighted by Crippen LogP contribution is -2.08. The van der Waals surface area contributed by atoms with Crippen molar-refractivity contribution in [2.75, 3.05) is 6.61 Å². The van der Waals surface area contributed by atoms with Crippen LogP contribution in [0.15, 0.2) is 24.7 Å². The van der Waals surface area contributed by atoms with Gasteiger partial charge in [-0.05, 0) is 37.0 Å². The summed E-state index contributed by atoms with van der Waals surface area (Å²) >= 11 is 0. The van der Waals surface area contributed by atoms with E-state index in [0.29, 0.717) is 18.6 Å². The van der Waals surface area contributed by atoms with Gasteiger partial charge in [0.15, 0.2) is 0 Å². The van der Waals surface area contributed by atoms with Gasteiger partial charge in [-0.1, -0.05) is 0 Å². The average Bonchev–Trinajstić information content (AvgIpc) is 3.07. The third-order valence-corrected chi connectivity index (χ3v) is 3.60. The van der Waals surface area contributed by atoms with Crippen LogP contribution < -0.4 is 0 Å². The maximum Gasteiger partial charge on any atom is 0.309 e. The van der Waals surface area contributed by atoms with Crippen LogP contribution >= 0.6 is 0 Å². The number of carbonyl (C=O) groups excluding carboxylic acids is 1. The maximum atomic E-state index is 14.1. The third kappa shape index (κ3) is 2.57. The van der Waals surface area contributed by atoms with Gasteiger partial charge in [-0.25, -0.2) is 8.78 Å². The van der Waals surface area contributed by atoms with Gasteiger partial charge in [-0.3, -0.25) is 4.79 Å². The summed E-state index contributed by atoms with van der Waals surface area (Å²) in [6, 6.07) is 2.46. The topological polar surface area (TPSA) is 44.8 Å². The fourth-order valence-electron chi connectivity index (χ4n) is 2.49. The second-order valence-corrected chi connectivity index (χ2v) is 4.98. The van der Waals surface area contributed by atoms with E-state index < -0.39 is 17.9 Å². The van der Waals surface area contributed by atoms with Crippen LogP contribution in [0, 0.1) is 17.6 Å². The van der Waals surface area contributed by atoms with E-state index in [2.05, 4.69) is 0 Å². The van der Waals surface area contributed by atoms with E-state index in [1.54, 1.807) is 6.92 Å². The fourth-order valence-corrected chi connectivity index (χ4v) is 2.49. The molecular formula is C15H14F2O4. The van der Waals surface area contributed by atoms with Crippen LogP contribution in [0.4, 0.5) is 8.78 Å². The highest BCUT2D eigenvalue weighted by atomic mass is 19.1. The van der Waals surface area contributed by atoms with Crippen molar-refractivity contribution in [3.8, 4) is 0 Å². The minimum atomic E-state index is -1.10. The fraction of sp³-hybridized carbons (Fsp3) is 0.400. The zero-order valence-corrected chi connectivity index (χ0v) is 11.3. The van der Waals surface area contributed by atoms with Gasteiger partial charge in [0.2, 0.25) is 0 Å². The molecule has 112 valence electrons. The smallest absolute Gasteiger partial charge is 0.309 e. The van der Waals surface area contributed by atoms with Gasteiger partial charge in [0.1, 0.15) is 29.7 Å². The number of carbonyl (C=O) groups is 1. The van der Waals surface area contributed by atoms with E-state index in [0.717, 1.165) is 0 Å². The lowest BCUT2D eigenvalue weighted by atomic mass is 10.0. The normalized spacial score (nSPS) is 23.6. The van der Waals surface area contributed by atoms with Crippen LogP contribution in [-0.4, -0.2) is 12.6 Å². The van der Waals surface area contributed by atoms with Gasteiger partial charge in [-0.2, -0.15) is 0 Å². The molecule has 1 aromatic rings. The summed E-state index contributed by atoms with van der Waals surface area (Å²) in [6.07, 6.45) is 1.92. The molecule has 0 bridgehead atoms. The number of rotatable bonds is 4. The lowest BCUT2D eigenvalue weighted by Gasteiger charge is -2.13. The number of benzene rings is 1. The Morgan fingerprint density at radius 1 is 1.29 bits per heavy atom. The van der Waals surface area contributed by atoms with Crippen molar-refractivity contribution >= 4 is 5.97 Å². The van der Waals surface area contributed by atoms with Gasteiger partial charge >= 0.3 is 5.97 Å². The molecule has 2 aliphatic rings. The van der Waals surface area contributed by atoms with Gasteiger partial charge in [0.05, 0.1) is 12.5 Å². The monoisotopic (exact) mass is 296 g/mol. The first kappa shape index (κ1) is 13.9. The van der Waals surface area contributed by atoms with Crippen molar-refractivity contribution in [2.45, 2.75) is 25.6 Å². The summed E-state index contributed by atoms with van der Waals surface area (Å²) in [5.74, 6) is -2.30. The molecule has 4 nitrogen and oxygen atoms in total. The highest BCUT2D eigenvalue weighted by Crippen LogP contribution is 2.49. The minimum absolute atomic E-state index is 0.189. The summed E-state index contributed by atoms with van der Waals surface area (Å²) in [6.45, 7) is 2.02. The predicted molar refractivity (Wildman–Crippen MR) is 67.9 cm³/mol. The SMILES string of the molecule is CCOC(=O)C1CC1c1cc(F)c(C2OC=CO2)c(F)c1. The first-order valence-corrected chi connectivity index (χ1v) is 6.73. The zero-order valence-electron chi connectivity index (χ0n) is 11.3. The molecule has 1 fully saturated rings. The van der Waals surface area contributed by atoms with Gasteiger partial charge in [0, 0.05) is 0 Å². The summed E-state index contributed by atoms with van der Waals surface area (Å²) in [5, 5.41) is 0. The Balaban J connectivity index is 1.78. The molecule has 0 amide bonds. The van der Waals surface area contributed by atoms with E-state index in [1.807, 2.05) is 0 Å². The van der Waals surface area contributed by atoms with Crippen LogP contribution in [-0.2, 0) is 19.0 Å². The van der Waals surface area contributed by atoms with Crippen molar-refractivity contribution in [2.24, 2.45) is 5.92 Å². The van der Waals surface area contributed by atoms with Crippen molar-refractivity contribution in [1.29, 1.82) is 0 Å². The molecule has 0 radical (unpaired) electrons. The Morgan fingerprint density at radius 2 is 1.90 bits per heavy atom. The Labute approximate surface area is 120 Å². The largest absolute Gasteiger partial charge is 0.466 e. The van der Waals surface area contributed by atoms with E-state index in [9.17, 15) is 13.6 Å². The van der Waals surface area contributed by atoms with Crippen molar-refractivity contribution in [3.63, 3.8) is 0 Å². The van der Waals surface area contributed by atoms with Crippen LogP contribution in [0.1, 0.15) is 36.7 Å². The number of hydrogen-bond acceptors (Lipinski definition) is 4. The number of ether oxygens (including phenoxy) is 3. The van der Waals surface area contributed by atoms with Crippen LogP contribution in [0.25, 0.3) is 0 Å². The molecule has 1 aromatic carbocycles. The first-order chi connectivity index (χ1) is 10.1. The molecule has 3 rings (SSSR count). The predicted octanol–water partition coefficient (Wildman–Crippen LogP) is 3.15. The first-order valence-electron chi connectivity index (χ1n) is 6.73. The van der Waals surface area contributed by atoms with Gasteiger partial charge < -0.3 is 14.2 Å². The molecule has 0 N–H and O–H groups in total. The van der Waals surface area contributed by atoms with Crippen molar-refractivity contribution < 1.29 is 27.8 Å². The van der Waals surface area contributed by atoms with Gasteiger partial charge in [0.25, 0.3) is 6.29 Å². The van der Waals surface area contributed by atoms with Gasteiger partial charge in [-0.15, -0.1) is 0 Å². The Morgan fingerprint density at radius 3 is 2.48 bits per heavy atom. The maximum absolute atomic E-state index is 14.1. The Kier molecular flexibility index (Phi) is 3.53. The van der Waals surface area contributed by atoms with E-state index in [-0.39, 0.29) is 23.4 Å². The molecule has 0 spiro atoms. The molecule has 1 aliphatic carbocycles. The molecule has 1 aliphatic heterocycles. The van der Waals surface area contributed by atoms with E-state index in [4.69, 9.17) is 14.2 Å². The molecule has 0 aromatic heterocycles. The third-order valence-electron chi connectivity index (χ3n) is 3.60. The van der Waals surface area contributed by atoms with E-state index >= 15 is 0 Å². The summed E-state index contributed by atoms with van der Waals surface area (Å²) in [4.78, 5) is 11.6. The van der Waals surface area contributed by atoms with E-state index in [1.165, 1.54) is 24.7 Å². The Hall–Kier alpha value is -2.11. The molecule has 0 saturated heterocycles. The van der Waals surface area contributed by atoms with Crippen LogP contribution in [0.3, 0.4) is 0 Å². The molecule has 1 heterocycles. The summed E-state index contributed by atoms with van der Waals surface area (Å²) in [5.41, 5.74) is 0.190. The second kappa shape index (κ2) is 5.35. The highest BCUT2D eigenvalue weighted by Gasteiger charge is 2.45. The lowest BCUT2D eigenvalue weighted by molar-refractivity contribution is -0.144. The van der Waals surface area contributed by atoms with Crippen LogP contribution in [0.2, 0.25) is 0 Å². The standard InChI is InChI=1S/C15H14F2O4/c1-2-19-14(18)10-7-9(10)8-5-11(16)13(12(17)6-8)15-20-3-4-21-15/h3-6,9-10,15H,2,7H2,1H3. The summed E-state index contributed by atoms with van der Waals surface area (Å²) in [7, 11) is 0. The number of esters is 1. The minimum Gasteiger partial charge on any atom is -0.466 e. The molecule has 21 heavy (non-hydrogen) atoms. The van der Waals surface area contributed by atoms with Crippen molar-refractivity contribution in [3.05, 3.63) is 47.4 Å². The molecule has 2 unspecified atom stereocenters. The molecule has 1 saturated carbocycles. The average molecular weight is 296 g/mol. The molecular weight excluding hydrogens is 282 g/mol.